The molecule has 0 saturated heterocycles. The van der Waals surface area contributed by atoms with Crippen LogP contribution in [0.1, 0.15) is 26.2 Å². The van der Waals surface area contributed by atoms with Gasteiger partial charge < -0.3 is 21.3 Å². The van der Waals surface area contributed by atoms with E-state index in [0.29, 0.717) is 0 Å². The molecule has 0 spiro atoms. The van der Waals surface area contributed by atoms with Crippen LogP contribution in [0.15, 0.2) is 47.8 Å². The van der Waals surface area contributed by atoms with Crippen molar-refractivity contribution in [2.45, 2.75) is 50.4 Å². The van der Waals surface area contributed by atoms with Gasteiger partial charge in [-0.25, -0.2) is 0 Å². The maximum Gasteiger partial charge on any atom is 0.117 e. The second-order valence-corrected chi connectivity index (χ2v) is 6.67. The number of allylic oxidation sites excluding steroid dienone is 4. The van der Waals surface area contributed by atoms with Crippen molar-refractivity contribution in [3.8, 4) is 0 Å². The standard InChI is InChI=1S/C18H26N2O2/c1-11(13-7-4-10-16(21)18(13)22)20-15-9-3-6-12-5-2-8-14(19)17(12)15/h2-3,5-6,8,10-11,13-15,17-18,20-22H,4,7,9,19H2,1H3. The van der Waals surface area contributed by atoms with Crippen molar-refractivity contribution in [2.24, 2.45) is 17.6 Å². The normalized spacial score (nSPS) is 39.0. The van der Waals surface area contributed by atoms with Gasteiger partial charge in [0.2, 0.25) is 0 Å². The third kappa shape index (κ3) is 2.91. The molecule has 3 aliphatic rings. The fourth-order valence-corrected chi connectivity index (χ4v) is 3.99. The summed E-state index contributed by atoms with van der Waals surface area (Å²) in [6, 6.07) is 0.424. The SMILES string of the molecule is CC(NC1CC=CC2=CC=CC(N)C21)C1CCC=C(O)C1O. The van der Waals surface area contributed by atoms with Gasteiger partial charge in [-0.05, 0) is 37.8 Å². The van der Waals surface area contributed by atoms with Gasteiger partial charge in [-0.3, -0.25) is 0 Å². The molecule has 6 unspecified atom stereocenters. The van der Waals surface area contributed by atoms with Gasteiger partial charge in [0.05, 0.1) is 0 Å². The predicted octanol–water partition coefficient (Wildman–Crippen LogP) is 1.95. The van der Waals surface area contributed by atoms with Gasteiger partial charge in [0, 0.05) is 30.0 Å². The average molecular weight is 302 g/mol. The highest BCUT2D eigenvalue weighted by Crippen LogP contribution is 2.32. The minimum atomic E-state index is -0.759. The van der Waals surface area contributed by atoms with Gasteiger partial charge >= 0.3 is 0 Å². The van der Waals surface area contributed by atoms with Gasteiger partial charge in [-0.1, -0.05) is 30.4 Å². The Morgan fingerprint density at radius 3 is 3.05 bits per heavy atom. The van der Waals surface area contributed by atoms with Crippen molar-refractivity contribution < 1.29 is 10.2 Å². The van der Waals surface area contributed by atoms with Crippen molar-refractivity contribution >= 4 is 0 Å². The highest BCUT2D eigenvalue weighted by molar-refractivity contribution is 5.37. The van der Waals surface area contributed by atoms with Gasteiger partial charge in [0.1, 0.15) is 11.9 Å². The molecule has 0 aromatic heterocycles. The third-order valence-electron chi connectivity index (χ3n) is 5.24. The third-order valence-corrected chi connectivity index (χ3v) is 5.24. The molecule has 120 valence electrons. The summed E-state index contributed by atoms with van der Waals surface area (Å²) < 4.78 is 0. The Morgan fingerprint density at radius 2 is 2.23 bits per heavy atom. The number of fused-ring (bicyclic) bond motifs is 1. The maximum absolute atomic E-state index is 10.2. The monoisotopic (exact) mass is 302 g/mol. The number of aliphatic hydroxyl groups is 2. The Kier molecular flexibility index (Phi) is 4.52. The second-order valence-electron chi connectivity index (χ2n) is 6.67. The molecule has 3 aliphatic carbocycles. The zero-order valence-corrected chi connectivity index (χ0v) is 13.0. The van der Waals surface area contributed by atoms with E-state index in [-0.39, 0.29) is 35.7 Å². The van der Waals surface area contributed by atoms with Gasteiger partial charge in [0.25, 0.3) is 0 Å². The molecular formula is C18H26N2O2. The Morgan fingerprint density at radius 1 is 1.41 bits per heavy atom. The van der Waals surface area contributed by atoms with Crippen LogP contribution in [0.2, 0.25) is 0 Å². The molecule has 22 heavy (non-hydrogen) atoms. The topological polar surface area (TPSA) is 78.5 Å². The molecule has 3 rings (SSSR count). The fraction of sp³-hybridized carbons (Fsp3) is 0.556. The summed E-state index contributed by atoms with van der Waals surface area (Å²) in [6.07, 6.45) is 14.2. The molecule has 0 fully saturated rings. The lowest BCUT2D eigenvalue weighted by Crippen LogP contribution is -2.53. The first-order chi connectivity index (χ1) is 10.6. The molecule has 0 aliphatic heterocycles. The van der Waals surface area contributed by atoms with Gasteiger partial charge in [-0.2, -0.15) is 0 Å². The zero-order valence-electron chi connectivity index (χ0n) is 13.0. The lowest BCUT2D eigenvalue weighted by atomic mass is 9.76. The summed E-state index contributed by atoms with van der Waals surface area (Å²) in [6.45, 7) is 2.10. The number of hydrogen-bond donors (Lipinski definition) is 4. The average Bonchev–Trinajstić information content (AvgIpc) is 2.50. The van der Waals surface area contributed by atoms with E-state index in [9.17, 15) is 10.2 Å². The number of hydrogen-bond acceptors (Lipinski definition) is 4. The van der Waals surface area contributed by atoms with Crippen LogP contribution in [0, 0.1) is 11.8 Å². The van der Waals surface area contributed by atoms with Crippen molar-refractivity contribution in [2.75, 3.05) is 0 Å². The Bertz CT molecular complexity index is 535. The largest absolute Gasteiger partial charge is 0.510 e. The van der Waals surface area contributed by atoms with E-state index in [1.54, 1.807) is 6.08 Å². The molecule has 5 N–H and O–H groups in total. The minimum absolute atomic E-state index is 0.0271. The zero-order chi connectivity index (χ0) is 15.7. The molecule has 0 saturated carbocycles. The Hall–Kier alpha value is -1.36. The van der Waals surface area contributed by atoms with Crippen molar-refractivity contribution in [3.05, 3.63) is 47.8 Å². The van der Waals surface area contributed by atoms with Crippen LogP contribution in [-0.2, 0) is 0 Å². The number of nitrogens with one attached hydrogen (secondary N) is 1. The van der Waals surface area contributed by atoms with E-state index in [4.69, 9.17) is 5.73 Å². The number of rotatable bonds is 3. The molecule has 0 bridgehead atoms. The van der Waals surface area contributed by atoms with Crippen LogP contribution in [0.5, 0.6) is 0 Å². The van der Waals surface area contributed by atoms with E-state index in [1.165, 1.54) is 5.57 Å². The predicted molar refractivity (Wildman–Crippen MR) is 88.3 cm³/mol. The summed E-state index contributed by atoms with van der Waals surface area (Å²) in [7, 11) is 0. The smallest absolute Gasteiger partial charge is 0.117 e. The molecule has 4 nitrogen and oxygen atoms in total. The first-order valence-electron chi connectivity index (χ1n) is 8.21. The molecular weight excluding hydrogens is 276 g/mol. The van der Waals surface area contributed by atoms with Crippen molar-refractivity contribution in [1.29, 1.82) is 0 Å². The van der Waals surface area contributed by atoms with E-state index >= 15 is 0 Å². The molecule has 0 heterocycles. The van der Waals surface area contributed by atoms with Gasteiger partial charge in [0.15, 0.2) is 0 Å². The van der Waals surface area contributed by atoms with Crippen LogP contribution >= 0.6 is 0 Å². The van der Waals surface area contributed by atoms with E-state index in [2.05, 4.69) is 36.5 Å². The van der Waals surface area contributed by atoms with E-state index in [1.807, 2.05) is 6.08 Å². The van der Waals surface area contributed by atoms with Crippen molar-refractivity contribution in [1.82, 2.24) is 5.32 Å². The van der Waals surface area contributed by atoms with E-state index < -0.39 is 6.10 Å². The lowest BCUT2D eigenvalue weighted by molar-refractivity contribution is 0.0616. The first-order valence-corrected chi connectivity index (χ1v) is 8.21. The molecule has 0 radical (unpaired) electrons. The van der Waals surface area contributed by atoms with Gasteiger partial charge in [-0.15, -0.1) is 0 Å². The summed E-state index contributed by atoms with van der Waals surface area (Å²) in [4.78, 5) is 0. The van der Waals surface area contributed by atoms with Crippen LogP contribution in [0.3, 0.4) is 0 Å². The second kappa shape index (κ2) is 6.41. The molecule has 4 heteroatoms. The fourth-order valence-electron chi connectivity index (χ4n) is 3.99. The number of aliphatic hydroxyl groups excluding tert-OH is 2. The van der Waals surface area contributed by atoms with E-state index in [0.717, 1.165) is 19.3 Å². The van der Waals surface area contributed by atoms with Crippen LogP contribution < -0.4 is 11.1 Å². The molecule has 0 aromatic carbocycles. The van der Waals surface area contributed by atoms with Crippen molar-refractivity contribution in [3.63, 3.8) is 0 Å². The Labute approximate surface area is 132 Å². The molecule has 0 aromatic rings. The molecule has 6 atom stereocenters. The summed E-state index contributed by atoms with van der Waals surface area (Å²) >= 11 is 0. The summed E-state index contributed by atoms with van der Waals surface area (Å²) in [5.41, 5.74) is 7.56. The summed E-state index contributed by atoms with van der Waals surface area (Å²) in [5, 5.41) is 23.6. The first kappa shape index (κ1) is 15.5. The highest BCUT2D eigenvalue weighted by atomic mass is 16.3. The Balaban J connectivity index is 1.70. The van der Waals surface area contributed by atoms with Crippen LogP contribution in [-0.4, -0.2) is 34.4 Å². The highest BCUT2D eigenvalue weighted by Gasteiger charge is 2.36. The maximum atomic E-state index is 10.2. The summed E-state index contributed by atoms with van der Waals surface area (Å²) in [5.74, 6) is 0.437. The number of nitrogens with two attached hydrogens (primary N) is 1. The lowest BCUT2D eigenvalue weighted by Gasteiger charge is -2.40. The van der Waals surface area contributed by atoms with Crippen LogP contribution in [0.25, 0.3) is 0 Å². The quantitative estimate of drug-likeness (QED) is 0.642. The minimum Gasteiger partial charge on any atom is -0.510 e. The van der Waals surface area contributed by atoms with Crippen LogP contribution in [0.4, 0.5) is 0 Å². The molecule has 0 amide bonds.